The minimum absolute atomic E-state index is 0. The van der Waals surface area contributed by atoms with Crippen LogP contribution in [0.2, 0.25) is 0 Å². The molecule has 94 valence electrons. The van der Waals surface area contributed by atoms with E-state index in [2.05, 4.69) is 24.3 Å². The summed E-state index contributed by atoms with van der Waals surface area (Å²) in [7, 11) is 0. The van der Waals surface area contributed by atoms with Crippen molar-refractivity contribution >= 4 is 48.3 Å². The second-order valence-corrected chi connectivity index (χ2v) is 5.08. The van der Waals surface area contributed by atoms with Gasteiger partial charge in [0.2, 0.25) is 0 Å². The standard InChI is InChI=1S/C10H16N2S2.2ClH/c11-5-7-13-9-1-2-10(4-3-9)14-8-6-12;;/h1-4H,5-8,11-12H2;2*1H. The molecule has 0 heterocycles. The summed E-state index contributed by atoms with van der Waals surface area (Å²) in [6, 6.07) is 8.55. The van der Waals surface area contributed by atoms with Crippen LogP contribution < -0.4 is 11.5 Å². The van der Waals surface area contributed by atoms with Crippen molar-refractivity contribution in [3.05, 3.63) is 24.3 Å². The molecule has 0 amide bonds. The number of hydrogen-bond donors (Lipinski definition) is 2. The number of nitrogens with two attached hydrogens (primary N) is 2. The van der Waals surface area contributed by atoms with Gasteiger partial charge in [-0.3, -0.25) is 0 Å². The van der Waals surface area contributed by atoms with Crippen molar-refractivity contribution in [2.75, 3.05) is 24.6 Å². The Kier molecular flexibility index (Phi) is 14.0. The number of halogens is 2. The normalized spacial score (nSPS) is 9.12. The van der Waals surface area contributed by atoms with Crippen LogP contribution in [0.15, 0.2) is 34.1 Å². The van der Waals surface area contributed by atoms with Crippen LogP contribution in [-0.4, -0.2) is 24.6 Å². The fourth-order valence-electron chi connectivity index (χ4n) is 0.986. The Morgan fingerprint density at radius 2 is 1.06 bits per heavy atom. The zero-order valence-electron chi connectivity index (χ0n) is 8.93. The molecular formula is C10H18Cl2N2S2. The van der Waals surface area contributed by atoms with E-state index in [-0.39, 0.29) is 24.8 Å². The minimum atomic E-state index is 0. The van der Waals surface area contributed by atoms with E-state index in [0.717, 1.165) is 24.6 Å². The predicted molar refractivity (Wildman–Crippen MR) is 80.5 cm³/mol. The van der Waals surface area contributed by atoms with Gasteiger partial charge in [-0.05, 0) is 24.3 Å². The smallest absolute Gasteiger partial charge is 0.0103 e. The van der Waals surface area contributed by atoms with Gasteiger partial charge in [-0.15, -0.1) is 48.3 Å². The molecule has 0 spiro atoms. The molecule has 16 heavy (non-hydrogen) atoms. The Morgan fingerprint density at radius 1 is 0.750 bits per heavy atom. The van der Waals surface area contributed by atoms with E-state index >= 15 is 0 Å². The third-order valence-electron chi connectivity index (χ3n) is 1.60. The lowest BCUT2D eigenvalue weighted by atomic mass is 10.4. The lowest BCUT2D eigenvalue weighted by Gasteiger charge is -2.02. The Hall–Kier alpha value is 0.420. The molecule has 0 aliphatic rings. The molecule has 0 bridgehead atoms. The van der Waals surface area contributed by atoms with Gasteiger partial charge in [-0.2, -0.15) is 0 Å². The van der Waals surface area contributed by atoms with Crippen molar-refractivity contribution in [2.45, 2.75) is 9.79 Å². The summed E-state index contributed by atoms with van der Waals surface area (Å²) in [5.41, 5.74) is 10.9. The van der Waals surface area contributed by atoms with Crippen LogP contribution in [0, 0.1) is 0 Å². The monoisotopic (exact) mass is 300 g/mol. The first-order valence-corrected chi connectivity index (χ1v) is 6.59. The average Bonchev–Trinajstić information content (AvgIpc) is 2.25. The number of benzene rings is 1. The molecule has 0 saturated carbocycles. The molecule has 4 N–H and O–H groups in total. The van der Waals surface area contributed by atoms with E-state index in [1.54, 1.807) is 23.5 Å². The van der Waals surface area contributed by atoms with Crippen molar-refractivity contribution in [1.29, 1.82) is 0 Å². The van der Waals surface area contributed by atoms with Gasteiger partial charge in [0.25, 0.3) is 0 Å². The summed E-state index contributed by atoms with van der Waals surface area (Å²) in [6.07, 6.45) is 0. The van der Waals surface area contributed by atoms with Gasteiger partial charge < -0.3 is 11.5 Å². The Balaban J connectivity index is 0. The van der Waals surface area contributed by atoms with Crippen LogP contribution in [0.3, 0.4) is 0 Å². The molecule has 0 radical (unpaired) electrons. The van der Waals surface area contributed by atoms with Crippen LogP contribution in [0.4, 0.5) is 0 Å². The van der Waals surface area contributed by atoms with Crippen LogP contribution >= 0.6 is 48.3 Å². The van der Waals surface area contributed by atoms with Crippen LogP contribution in [-0.2, 0) is 0 Å². The van der Waals surface area contributed by atoms with Crippen molar-refractivity contribution in [1.82, 2.24) is 0 Å². The topological polar surface area (TPSA) is 52.0 Å². The van der Waals surface area contributed by atoms with E-state index in [1.807, 2.05) is 0 Å². The SMILES string of the molecule is Cl.Cl.NCCSc1ccc(SCCN)cc1. The first-order chi connectivity index (χ1) is 6.86. The third-order valence-corrected chi connectivity index (χ3v) is 3.69. The van der Waals surface area contributed by atoms with Gasteiger partial charge >= 0.3 is 0 Å². The van der Waals surface area contributed by atoms with Crippen molar-refractivity contribution in [2.24, 2.45) is 11.5 Å². The molecule has 6 heteroatoms. The van der Waals surface area contributed by atoms with Gasteiger partial charge in [0, 0.05) is 34.4 Å². The highest BCUT2D eigenvalue weighted by molar-refractivity contribution is 7.99. The molecule has 1 aromatic rings. The predicted octanol–water partition coefficient (Wildman–Crippen LogP) is 2.63. The van der Waals surface area contributed by atoms with E-state index < -0.39 is 0 Å². The lowest BCUT2D eigenvalue weighted by molar-refractivity contribution is 1.14. The number of thioether (sulfide) groups is 2. The molecule has 1 aromatic carbocycles. The Labute approximate surface area is 118 Å². The maximum Gasteiger partial charge on any atom is 0.0103 e. The van der Waals surface area contributed by atoms with E-state index in [0.29, 0.717) is 0 Å². The number of hydrogen-bond acceptors (Lipinski definition) is 4. The van der Waals surface area contributed by atoms with Crippen LogP contribution in [0.5, 0.6) is 0 Å². The molecule has 2 nitrogen and oxygen atoms in total. The fourth-order valence-corrected chi connectivity index (χ4v) is 2.35. The zero-order valence-corrected chi connectivity index (χ0v) is 12.2. The largest absolute Gasteiger partial charge is 0.330 e. The average molecular weight is 301 g/mol. The highest BCUT2D eigenvalue weighted by Gasteiger charge is 1.95. The highest BCUT2D eigenvalue weighted by atomic mass is 35.5. The van der Waals surface area contributed by atoms with Gasteiger partial charge in [-0.1, -0.05) is 0 Å². The van der Waals surface area contributed by atoms with E-state index in [4.69, 9.17) is 11.5 Å². The van der Waals surface area contributed by atoms with Crippen molar-refractivity contribution in [3.63, 3.8) is 0 Å². The van der Waals surface area contributed by atoms with E-state index in [1.165, 1.54) is 9.79 Å². The molecule has 0 aliphatic heterocycles. The summed E-state index contributed by atoms with van der Waals surface area (Å²) in [4.78, 5) is 2.57. The molecular weight excluding hydrogens is 283 g/mol. The van der Waals surface area contributed by atoms with Crippen molar-refractivity contribution in [3.8, 4) is 0 Å². The molecule has 0 aliphatic carbocycles. The summed E-state index contributed by atoms with van der Waals surface area (Å²) < 4.78 is 0. The Bertz CT molecular complexity index is 231. The summed E-state index contributed by atoms with van der Waals surface area (Å²) in [5, 5.41) is 0. The first-order valence-electron chi connectivity index (χ1n) is 4.62. The van der Waals surface area contributed by atoms with Crippen LogP contribution in [0.1, 0.15) is 0 Å². The number of rotatable bonds is 6. The minimum Gasteiger partial charge on any atom is -0.330 e. The van der Waals surface area contributed by atoms with Gasteiger partial charge in [0.15, 0.2) is 0 Å². The molecule has 0 atom stereocenters. The third kappa shape index (κ3) is 7.65. The Morgan fingerprint density at radius 3 is 1.31 bits per heavy atom. The summed E-state index contributed by atoms with van der Waals surface area (Å²) in [6.45, 7) is 1.46. The second kappa shape index (κ2) is 11.9. The summed E-state index contributed by atoms with van der Waals surface area (Å²) >= 11 is 3.59. The molecule has 1 rings (SSSR count). The van der Waals surface area contributed by atoms with Gasteiger partial charge in [-0.25, -0.2) is 0 Å². The van der Waals surface area contributed by atoms with Crippen molar-refractivity contribution < 1.29 is 0 Å². The quantitative estimate of drug-likeness (QED) is 0.793. The molecule has 0 fully saturated rings. The van der Waals surface area contributed by atoms with Gasteiger partial charge in [0.05, 0.1) is 0 Å². The first kappa shape index (κ1) is 18.8. The maximum atomic E-state index is 5.43. The molecule has 0 saturated heterocycles. The second-order valence-electron chi connectivity index (χ2n) is 2.75. The zero-order chi connectivity index (χ0) is 10.2. The van der Waals surface area contributed by atoms with Gasteiger partial charge in [0.1, 0.15) is 0 Å². The lowest BCUT2D eigenvalue weighted by Crippen LogP contribution is -2.01. The summed E-state index contributed by atoms with van der Waals surface area (Å²) in [5.74, 6) is 1.96. The maximum absolute atomic E-state index is 5.43. The fraction of sp³-hybridized carbons (Fsp3) is 0.400. The van der Waals surface area contributed by atoms with Crippen LogP contribution in [0.25, 0.3) is 0 Å². The highest BCUT2D eigenvalue weighted by Crippen LogP contribution is 2.22. The van der Waals surface area contributed by atoms with E-state index in [9.17, 15) is 0 Å². The molecule has 0 unspecified atom stereocenters. The molecule has 0 aromatic heterocycles.